The van der Waals surface area contributed by atoms with E-state index in [4.69, 9.17) is 4.74 Å². The van der Waals surface area contributed by atoms with Crippen LogP contribution in [0.15, 0.2) is 72.3 Å². The first-order valence-electron chi connectivity index (χ1n) is 11.6. The number of nitro groups is 1. The number of Topliss-reactive ketones (excluding diaryl/α,β-unsaturated/α-hetero) is 1. The van der Waals surface area contributed by atoms with Crippen molar-refractivity contribution in [2.75, 3.05) is 11.5 Å². The number of carbonyl (C=O) groups excluding carboxylic acids is 2. The van der Waals surface area contributed by atoms with Gasteiger partial charge in [-0.2, -0.15) is 0 Å². The topological polar surface area (TPSA) is 123 Å². The fourth-order valence-corrected chi connectivity index (χ4v) is 5.27. The van der Waals surface area contributed by atoms with E-state index in [2.05, 4.69) is 4.98 Å². The van der Waals surface area contributed by atoms with Crippen LogP contribution in [0.4, 0.5) is 15.2 Å². The molecule has 0 bridgehead atoms. The summed E-state index contributed by atoms with van der Waals surface area (Å²) >= 11 is 0.988. The van der Waals surface area contributed by atoms with E-state index in [1.165, 1.54) is 42.5 Å². The maximum absolute atomic E-state index is 13.8. The number of thiazole rings is 1. The zero-order valence-corrected chi connectivity index (χ0v) is 20.8. The summed E-state index contributed by atoms with van der Waals surface area (Å²) in [4.78, 5) is 43.2. The summed E-state index contributed by atoms with van der Waals surface area (Å²) in [5, 5.41) is 22.9. The maximum atomic E-state index is 13.8. The molecule has 4 aromatic rings. The molecule has 11 heteroatoms. The minimum absolute atomic E-state index is 0.0864. The van der Waals surface area contributed by atoms with Crippen molar-refractivity contribution >= 4 is 49.8 Å². The van der Waals surface area contributed by atoms with E-state index in [1.54, 1.807) is 24.3 Å². The molecule has 1 aromatic heterocycles. The van der Waals surface area contributed by atoms with E-state index in [0.29, 0.717) is 22.6 Å². The summed E-state index contributed by atoms with van der Waals surface area (Å²) in [7, 11) is 0. The summed E-state index contributed by atoms with van der Waals surface area (Å²) in [5.74, 6) is -2.44. The van der Waals surface area contributed by atoms with Crippen LogP contribution in [0.1, 0.15) is 30.5 Å². The number of fused-ring (bicyclic) bond motifs is 1. The van der Waals surface area contributed by atoms with Crippen molar-refractivity contribution in [3.63, 3.8) is 0 Å². The summed E-state index contributed by atoms with van der Waals surface area (Å²) in [6, 6.07) is 14.6. The molecule has 1 amide bonds. The number of nitro benzene ring substituents is 1. The standard InChI is InChI=1S/C27H20FN3O6S/c1-2-11-37-19-8-4-6-16(13-19)24(32)22-23(15-5-3-7-18(12-15)31(35)36)30(26(34)25(22)33)27-29-20-10-9-17(28)14-21(20)38-27/h3-10,12-14,23,32H,2,11H2,1H3. The van der Waals surface area contributed by atoms with Crippen LogP contribution in [-0.4, -0.2) is 33.3 Å². The Balaban J connectivity index is 1.71. The lowest BCUT2D eigenvalue weighted by Crippen LogP contribution is -2.29. The van der Waals surface area contributed by atoms with Crippen LogP contribution in [-0.2, 0) is 9.59 Å². The molecule has 1 fully saturated rings. The number of anilines is 1. The summed E-state index contributed by atoms with van der Waals surface area (Å²) in [6.07, 6.45) is 0.764. The molecule has 0 saturated carbocycles. The van der Waals surface area contributed by atoms with Gasteiger partial charge in [0.05, 0.1) is 33.4 Å². The molecule has 3 aromatic carbocycles. The molecule has 2 heterocycles. The van der Waals surface area contributed by atoms with Gasteiger partial charge in [0.1, 0.15) is 17.3 Å². The number of ether oxygens (including phenoxy) is 1. The molecule has 1 aliphatic heterocycles. The van der Waals surface area contributed by atoms with Gasteiger partial charge in [-0.1, -0.05) is 42.5 Å². The number of benzene rings is 3. The predicted molar refractivity (Wildman–Crippen MR) is 140 cm³/mol. The molecule has 192 valence electrons. The lowest BCUT2D eigenvalue weighted by molar-refractivity contribution is -0.384. The van der Waals surface area contributed by atoms with Gasteiger partial charge in [-0.3, -0.25) is 24.6 Å². The van der Waals surface area contributed by atoms with Gasteiger partial charge in [-0.25, -0.2) is 9.37 Å². The molecule has 1 saturated heterocycles. The second kappa shape index (κ2) is 10.0. The van der Waals surface area contributed by atoms with Crippen molar-refractivity contribution in [1.82, 2.24) is 4.98 Å². The normalized spacial score (nSPS) is 16.8. The van der Waals surface area contributed by atoms with Crippen molar-refractivity contribution in [2.24, 2.45) is 0 Å². The molecular formula is C27H20FN3O6S. The number of amides is 1. The number of aliphatic hydroxyl groups is 1. The summed E-state index contributed by atoms with van der Waals surface area (Å²) in [6.45, 7) is 2.39. The van der Waals surface area contributed by atoms with Crippen LogP contribution in [0.5, 0.6) is 5.75 Å². The zero-order chi connectivity index (χ0) is 27.0. The number of carbonyl (C=O) groups is 2. The molecular weight excluding hydrogens is 513 g/mol. The van der Waals surface area contributed by atoms with E-state index in [9.17, 15) is 29.2 Å². The highest BCUT2D eigenvalue weighted by Gasteiger charge is 2.48. The number of non-ortho nitro benzene ring substituents is 1. The van der Waals surface area contributed by atoms with Gasteiger partial charge in [0.25, 0.3) is 11.5 Å². The molecule has 0 aliphatic carbocycles. The van der Waals surface area contributed by atoms with Gasteiger partial charge < -0.3 is 9.84 Å². The van der Waals surface area contributed by atoms with Gasteiger partial charge in [-0.15, -0.1) is 0 Å². The third kappa shape index (κ3) is 4.48. The minimum atomic E-state index is -1.22. The predicted octanol–water partition coefficient (Wildman–Crippen LogP) is 5.76. The quantitative estimate of drug-likeness (QED) is 0.105. The summed E-state index contributed by atoms with van der Waals surface area (Å²) < 4.78 is 19.9. The molecule has 5 rings (SSSR count). The Morgan fingerprint density at radius 2 is 1.95 bits per heavy atom. The average Bonchev–Trinajstić information content (AvgIpc) is 3.44. The fraction of sp³-hybridized carbons (Fsp3) is 0.148. The van der Waals surface area contributed by atoms with Crippen LogP contribution in [0.25, 0.3) is 16.0 Å². The van der Waals surface area contributed by atoms with Gasteiger partial charge in [0, 0.05) is 17.7 Å². The highest BCUT2D eigenvalue weighted by Crippen LogP contribution is 2.45. The molecule has 1 N–H and O–H groups in total. The van der Waals surface area contributed by atoms with Crippen molar-refractivity contribution < 1.29 is 28.7 Å². The number of ketones is 1. The molecule has 1 aliphatic rings. The molecule has 0 spiro atoms. The Hall–Kier alpha value is -4.64. The number of nitrogens with zero attached hydrogens (tertiary/aromatic N) is 3. The molecule has 38 heavy (non-hydrogen) atoms. The second-order valence-electron chi connectivity index (χ2n) is 8.51. The van der Waals surface area contributed by atoms with Crippen LogP contribution < -0.4 is 9.64 Å². The zero-order valence-electron chi connectivity index (χ0n) is 20.0. The smallest absolute Gasteiger partial charge is 0.301 e. The number of hydrogen-bond donors (Lipinski definition) is 1. The molecule has 0 radical (unpaired) electrons. The van der Waals surface area contributed by atoms with E-state index in [1.807, 2.05) is 6.92 Å². The van der Waals surface area contributed by atoms with Crippen LogP contribution in [0.2, 0.25) is 0 Å². The van der Waals surface area contributed by atoms with Crippen molar-refractivity contribution in [2.45, 2.75) is 19.4 Å². The highest BCUT2D eigenvalue weighted by atomic mass is 32.1. The van der Waals surface area contributed by atoms with Crippen LogP contribution in [0, 0.1) is 15.9 Å². The molecule has 1 unspecified atom stereocenters. The largest absolute Gasteiger partial charge is 0.507 e. The minimum Gasteiger partial charge on any atom is -0.507 e. The van der Waals surface area contributed by atoms with E-state index in [-0.39, 0.29) is 27.5 Å². The first kappa shape index (κ1) is 25.0. The van der Waals surface area contributed by atoms with Crippen molar-refractivity contribution in [1.29, 1.82) is 0 Å². The van der Waals surface area contributed by atoms with Crippen LogP contribution >= 0.6 is 11.3 Å². The van der Waals surface area contributed by atoms with Gasteiger partial charge in [0.15, 0.2) is 5.13 Å². The van der Waals surface area contributed by atoms with Gasteiger partial charge in [0.2, 0.25) is 0 Å². The van der Waals surface area contributed by atoms with E-state index in [0.717, 1.165) is 22.7 Å². The average molecular weight is 534 g/mol. The number of aliphatic hydroxyl groups excluding tert-OH is 1. The van der Waals surface area contributed by atoms with Crippen molar-refractivity contribution in [3.8, 4) is 5.75 Å². The Labute approximate surface area is 219 Å². The first-order valence-corrected chi connectivity index (χ1v) is 12.4. The van der Waals surface area contributed by atoms with Gasteiger partial charge >= 0.3 is 5.91 Å². The number of halogens is 1. The number of rotatable bonds is 7. The lowest BCUT2D eigenvalue weighted by atomic mass is 9.95. The van der Waals surface area contributed by atoms with Gasteiger partial charge in [-0.05, 0) is 42.3 Å². The lowest BCUT2D eigenvalue weighted by Gasteiger charge is -2.22. The second-order valence-corrected chi connectivity index (χ2v) is 9.52. The Morgan fingerprint density at radius 3 is 2.71 bits per heavy atom. The Morgan fingerprint density at radius 1 is 1.16 bits per heavy atom. The Bertz CT molecular complexity index is 1630. The third-order valence-corrected chi connectivity index (χ3v) is 6.98. The molecule has 9 nitrogen and oxygen atoms in total. The van der Waals surface area contributed by atoms with Crippen molar-refractivity contribution in [3.05, 3.63) is 99.4 Å². The summed E-state index contributed by atoms with van der Waals surface area (Å²) in [5.41, 5.74) is 0.358. The molecule has 1 atom stereocenters. The van der Waals surface area contributed by atoms with E-state index < -0.39 is 34.2 Å². The monoisotopic (exact) mass is 533 g/mol. The highest BCUT2D eigenvalue weighted by molar-refractivity contribution is 7.22. The third-order valence-electron chi connectivity index (χ3n) is 5.97. The maximum Gasteiger partial charge on any atom is 0.301 e. The Kier molecular flexibility index (Phi) is 6.60. The van der Waals surface area contributed by atoms with Crippen LogP contribution in [0.3, 0.4) is 0 Å². The number of aromatic nitrogens is 1. The fourth-order valence-electron chi connectivity index (χ4n) is 4.25. The number of hydrogen-bond acceptors (Lipinski definition) is 8. The first-order chi connectivity index (χ1) is 18.3. The SMILES string of the molecule is CCCOc1cccc(C(O)=C2C(=O)C(=O)N(c3nc4ccc(F)cc4s3)C2c2cccc([N+](=O)[O-])c2)c1. The van der Waals surface area contributed by atoms with E-state index >= 15 is 0 Å².